The molecule has 0 radical (unpaired) electrons. The Hall–Kier alpha value is -2.90. The van der Waals surface area contributed by atoms with Crippen LogP contribution in [0.2, 0.25) is 5.02 Å². The van der Waals surface area contributed by atoms with Gasteiger partial charge < -0.3 is 15.0 Å². The summed E-state index contributed by atoms with van der Waals surface area (Å²) in [4.78, 5) is 14.8. The molecule has 30 heavy (non-hydrogen) atoms. The Balaban J connectivity index is 1.65. The summed E-state index contributed by atoms with van der Waals surface area (Å²) in [7, 11) is 3.93. The smallest absolute Gasteiger partial charge is 0.272 e. The van der Waals surface area contributed by atoms with Crippen LogP contribution in [0.4, 0.5) is 4.39 Å². The summed E-state index contributed by atoms with van der Waals surface area (Å²) in [5.74, 6) is -0.0750. The maximum Gasteiger partial charge on any atom is 0.272 e. The van der Waals surface area contributed by atoms with Gasteiger partial charge in [0.05, 0.1) is 11.1 Å². The molecule has 2 aromatic carbocycles. The van der Waals surface area contributed by atoms with Crippen LogP contribution < -0.4 is 10.1 Å². The van der Waals surface area contributed by atoms with Gasteiger partial charge in [0, 0.05) is 6.20 Å². The van der Waals surface area contributed by atoms with E-state index >= 15 is 0 Å². The fourth-order valence-corrected chi connectivity index (χ4v) is 3.08. The van der Waals surface area contributed by atoms with Crippen LogP contribution in [0.3, 0.4) is 0 Å². The Morgan fingerprint density at radius 3 is 2.63 bits per heavy atom. The van der Waals surface area contributed by atoms with Gasteiger partial charge in [-0.05, 0) is 63.0 Å². The number of benzene rings is 2. The Morgan fingerprint density at radius 2 is 1.93 bits per heavy atom. The van der Waals surface area contributed by atoms with Crippen LogP contribution in [-0.4, -0.2) is 41.2 Å². The molecule has 0 saturated carbocycles. The van der Waals surface area contributed by atoms with Crippen molar-refractivity contribution in [3.05, 3.63) is 82.9 Å². The number of nitrogens with zero attached hydrogens (tertiary/aromatic N) is 3. The van der Waals surface area contributed by atoms with E-state index in [4.69, 9.17) is 16.3 Å². The minimum atomic E-state index is -0.311. The zero-order chi connectivity index (χ0) is 21.5. The summed E-state index contributed by atoms with van der Waals surface area (Å²) < 4.78 is 20.4. The van der Waals surface area contributed by atoms with E-state index < -0.39 is 0 Å². The molecule has 0 saturated heterocycles. The van der Waals surface area contributed by atoms with Gasteiger partial charge in [-0.15, -0.1) is 0 Å². The lowest BCUT2D eigenvalue weighted by Gasteiger charge is -2.21. The summed E-state index contributed by atoms with van der Waals surface area (Å²) >= 11 is 6.08. The van der Waals surface area contributed by atoms with Gasteiger partial charge in [0.25, 0.3) is 5.91 Å². The molecule has 6 nitrogen and oxygen atoms in total. The molecule has 0 spiro atoms. The highest BCUT2D eigenvalue weighted by Crippen LogP contribution is 2.23. The third-order valence-electron chi connectivity index (χ3n) is 4.50. The normalized spacial score (nSPS) is 12.0. The Bertz CT molecular complexity index is 975. The third-order valence-corrected chi connectivity index (χ3v) is 4.82. The molecule has 3 aromatic rings. The number of aromatic nitrogens is 2. The molecule has 0 aliphatic carbocycles. The minimum Gasteiger partial charge on any atom is -0.470 e. The van der Waals surface area contributed by atoms with E-state index in [1.165, 1.54) is 16.8 Å². The molecule has 0 bridgehead atoms. The zero-order valence-electron chi connectivity index (χ0n) is 16.9. The maximum atomic E-state index is 13.3. The molecule has 0 fully saturated rings. The number of hydrogen-bond acceptors (Lipinski definition) is 4. The van der Waals surface area contributed by atoms with Crippen LogP contribution in [0, 0.1) is 5.82 Å². The molecule has 3 rings (SSSR count). The fourth-order valence-electron chi connectivity index (χ4n) is 2.89. The minimum absolute atomic E-state index is 0.124. The van der Waals surface area contributed by atoms with Crippen molar-refractivity contribution >= 4 is 17.5 Å². The SMILES string of the molecule is CN(C)CCC(NC(=O)c1ccn(COc2ccccc2Cl)n1)c1ccc(F)cc1. The van der Waals surface area contributed by atoms with Crippen LogP contribution in [0.5, 0.6) is 5.75 Å². The van der Waals surface area contributed by atoms with E-state index in [1.54, 1.807) is 36.5 Å². The number of carbonyl (C=O) groups is 1. The summed E-state index contributed by atoms with van der Waals surface area (Å²) in [5.41, 5.74) is 1.11. The second-order valence-corrected chi connectivity index (χ2v) is 7.52. The average Bonchev–Trinajstić information content (AvgIpc) is 3.20. The first-order valence-electron chi connectivity index (χ1n) is 9.54. The average molecular weight is 431 g/mol. The van der Waals surface area contributed by atoms with Crippen molar-refractivity contribution in [2.45, 2.75) is 19.2 Å². The fraction of sp³-hybridized carbons (Fsp3) is 0.273. The molecule has 1 amide bonds. The van der Waals surface area contributed by atoms with Gasteiger partial charge >= 0.3 is 0 Å². The molecule has 1 unspecified atom stereocenters. The van der Waals surface area contributed by atoms with Crippen LogP contribution in [-0.2, 0) is 6.73 Å². The van der Waals surface area contributed by atoms with Crippen molar-refractivity contribution in [3.63, 3.8) is 0 Å². The van der Waals surface area contributed by atoms with Crippen LogP contribution in [0.15, 0.2) is 60.8 Å². The molecule has 1 atom stereocenters. The number of amides is 1. The lowest BCUT2D eigenvalue weighted by Crippen LogP contribution is -2.31. The van der Waals surface area contributed by atoms with E-state index in [2.05, 4.69) is 10.4 Å². The lowest BCUT2D eigenvalue weighted by molar-refractivity contribution is 0.0925. The third kappa shape index (κ3) is 6.05. The first kappa shape index (κ1) is 21.8. The number of hydrogen-bond donors (Lipinski definition) is 1. The molecular weight excluding hydrogens is 407 g/mol. The molecule has 0 aliphatic rings. The molecule has 1 aromatic heterocycles. The first-order chi connectivity index (χ1) is 14.4. The summed E-state index contributed by atoms with van der Waals surface area (Å²) in [5, 5.41) is 7.78. The van der Waals surface area contributed by atoms with Gasteiger partial charge in [-0.1, -0.05) is 35.9 Å². The molecule has 158 valence electrons. The largest absolute Gasteiger partial charge is 0.470 e. The van der Waals surface area contributed by atoms with Crippen molar-refractivity contribution in [1.82, 2.24) is 20.0 Å². The number of halogens is 2. The molecule has 1 N–H and O–H groups in total. The Kier molecular flexibility index (Phi) is 7.43. The topological polar surface area (TPSA) is 59.4 Å². The monoisotopic (exact) mass is 430 g/mol. The highest BCUT2D eigenvalue weighted by molar-refractivity contribution is 6.32. The van der Waals surface area contributed by atoms with Gasteiger partial charge in [0.15, 0.2) is 6.73 Å². The van der Waals surface area contributed by atoms with Crippen molar-refractivity contribution in [1.29, 1.82) is 0 Å². The Morgan fingerprint density at radius 1 is 1.20 bits per heavy atom. The standard InChI is InChI=1S/C22H24ClFN4O2/c1-27(2)13-11-19(16-7-9-17(24)10-8-16)25-22(29)20-12-14-28(26-20)15-30-21-6-4-3-5-18(21)23/h3-10,12,14,19H,11,13,15H2,1-2H3,(H,25,29). The van der Waals surface area contributed by atoms with Crippen molar-refractivity contribution in [3.8, 4) is 5.75 Å². The number of para-hydroxylation sites is 1. The van der Waals surface area contributed by atoms with Gasteiger partial charge in [-0.25, -0.2) is 9.07 Å². The highest BCUT2D eigenvalue weighted by atomic mass is 35.5. The molecular formula is C22H24ClFN4O2. The van der Waals surface area contributed by atoms with Gasteiger partial charge in [-0.2, -0.15) is 5.10 Å². The van der Waals surface area contributed by atoms with E-state index in [-0.39, 0.29) is 30.2 Å². The highest BCUT2D eigenvalue weighted by Gasteiger charge is 2.18. The van der Waals surface area contributed by atoms with Crippen molar-refractivity contribution in [2.24, 2.45) is 0 Å². The summed E-state index contributed by atoms with van der Waals surface area (Å²) in [6.45, 7) is 0.890. The quantitative estimate of drug-likeness (QED) is 0.554. The van der Waals surface area contributed by atoms with Crippen molar-refractivity contribution in [2.75, 3.05) is 20.6 Å². The van der Waals surface area contributed by atoms with E-state index in [1.807, 2.05) is 31.1 Å². The van der Waals surface area contributed by atoms with Crippen LogP contribution >= 0.6 is 11.6 Å². The zero-order valence-corrected chi connectivity index (χ0v) is 17.6. The van der Waals surface area contributed by atoms with Crippen LogP contribution in [0.1, 0.15) is 28.5 Å². The molecule has 0 aliphatic heterocycles. The first-order valence-corrected chi connectivity index (χ1v) is 9.92. The molecule has 1 heterocycles. The van der Waals surface area contributed by atoms with E-state index in [0.29, 0.717) is 17.2 Å². The van der Waals surface area contributed by atoms with Gasteiger partial charge in [-0.3, -0.25) is 4.79 Å². The van der Waals surface area contributed by atoms with Crippen LogP contribution in [0.25, 0.3) is 0 Å². The van der Waals surface area contributed by atoms with Gasteiger partial charge in [0.2, 0.25) is 0 Å². The predicted molar refractivity (Wildman–Crippen MR) is 114 cm³/mol. The second-order valence-electron chi connectivity index (χ2n) is 7.11. The van der Waals surface area contributed by atoms with E-state index in [9.17, 15) is 9.18 Å². The number of rotatable bonds is 9. The number of ether oxygens (including phenoxy) is 1. The Labute approximate surface area is 180 Å². The maximum absolute atomic E-state index is 13.3. The number of nitrogens with one attached hydrogen (secondary N) is 1. The lowest BCUT2D eigenvalue weighted by atomic mass is 10.0. The predicted octanol–water partition coefficient (Wildman–Crippen LogP) is 4.13. The summed E-state index contributed by atoms with van der Waals surface area (Å²) in [6.07, 6.45) is 2.35. The van der Waals surface area contributed by atoms with Crippen molar-refractivity contribution < 1.29 is 13.9 Å². The molecule has 8 heteroatoms. The summed E-state index contributed by atoms with van der Waals surface area (Å²) in [6, 6.07) is 14.7. The van der Waals surface area contributed by atoms with Gasteiger partial charge in [0.1, 0.15) is 17.3 Å². The second kappa shape index (κ2) is 10.2. The van der Waals surface area contributed by atoms with E-state index in [0.717, 1.165) is 12.1 Å². The number of carbonyl (C=O) groups excluding carboxylic acids is 1.